The van der Waals surface area contributed by atoms with Gasteiger partial charge in [-0.2, -0.15) is 0 Å². The molecule has 0 aliphatic heterocycles. The first-order valence-corrected chi connectivity index (χ1v) is 5.73. The third kappa shape index (κ3) is 1.41. The third-order valence-corrected chi connectivity index (χ3v) is 3.20. The van der Waals surface area contributed by atoms with Crippen LogP contribution in [0.4, 0.5) is 0 Å². The quantitative estimate of drug-likeness (QED) is 0.723. The van der Waals surface area contributed by atoms with E-state index < -0.39 is 0 Å². The van der Waals surface area contributed by atoms with Crippen molar-refractivity contribution in [2.24, 2.45) is 0 Å². The zero-order valence-corrected chi connectivity index (χ0v) is 9.66. The molecule has 0 heterocycles. The summed E-state index contributed by atoms with van der Waals surface area (Å²) >= 11 is 0. The lowest BCUT2D eigenvalue weighted by molar-refractivity contribution is 0.104. The summed E-state index contributed by atoms with van der Waals surface area (Å²) in [6.45, 7) is 0.783. The normalized spacial score (nSPS) is 12.4. The van der Waals surface area contributed by atoms with Crippen molar-refractivity contribution in [2.75, 3.05) is 7.05 Å². The number of hydrogen-bond acceptors (Lipinski definition) is 2. The van der Waals surface area contributed by atoms with Gasteiger partial charge >= 0.3 is 0 Å². The molecule has 1 aliphatic carbocycles. The summed E-state index contributed by atoms with van der Waals surface area (Å²) in [5.74, 6) is 0.147. The van der Waals surface area contributed by atoms with E-state index in [0.29, 0.717) is 0 Å². The van der Waals surface area contributed by atoms with Gasteiger partial charge in [0, 0.05) is 17.7 Å². The van der Waals surface area contributed by atoms with Crippen molar-refractivity contribution >= 4 is 5.78 Å². The van der Waals surface area contributed by atoms with Crippen LogP contribution in [0.1, 0.15) is 21.5 Å². The van der Waals surface area contributed by atoms with Crippen LogP contribution in [0.3, 0.4) is 0 Å². The first-order chi connectivity index (χ1) is 8.33. The minimum absolute atomic E-state index is 0.147. The monoisotopic (exact) mass is 223 g/mol. The van der Waals surface area contributed by atoms with Crippen LogP contribution in [0.2, 0.25) is 0 Å². The van der Waals surface area contributed by atoms with Crippen LogP contribution in [0.5, 0.6) is 0 Å². The molecule has 0 fully saturated rings. The molecule has 0 aromatic heterocycles. The van der Waals surface area contributed by atoms with E-state index in [0.717, 1.165) is 28.8 Å². The van der Waals surface area contributed by atoms with Gasteiger partial charge in [-0.25, -0.2) is 0 Å². The Hall–Kier alpha value is -1.93. The van der Waals surface area contributed by atoms with E-state index in [1.807, 2.05) is 43.4 Å². The Morgan fingerprint density at radius 1 is 0.941 bits per heavy atom. The number of fused-ring (bicyclic) bond motifs is 3. The van der Waals surface area contributed by atoms with Gasteiger partial charge < -0.3 is 5.32 Å². The Balaban J connectivity index is 2.30. The maximum Gasteiger partial charge on any atom is 0.194 e. The van der Waals surface area contributed by atoms with Gasteiger partial charge in [-0.3, -0.25) is 4.79 Å². The molecule has 0 saturated carbocycles. The lowest BCUT2D eigenvalue weighted by Crippen LogP contribution is -2.06. The SMILES string of the molecule is CNCc1cccc2c1-c1ccccc1C2=O. The fourth-order valence-electron chi connectivity index (χ4n) is 2.49. The van der Waals surface area contributed by atoms with Crippen molar-refractivity contribution < 1.29 is 4.79 Å². The highest BCUT2D eigenvalue weighted by atomic mass is 16.1. The van der Waals surface area contributed by atoms with E-state index in [1.165, 1.54) is 5.56 Å². The molecule has 0 saturated heterocycles. The maximum absolute atomic E-state index is 12.2. The van der Waals surface area contributed by atoms with Crippen LogP contribution in [-0.4, -0.2) is 12.8 Å². The van der Waals surface area contributed by atoms with Gasteiger partial charge in [-0.05, 0) is 23.7 Å². The molecule has 84 valence electrons. The van der Waals surface area contributed by atoms with Crippen LogP contribution in [0, 0.1) is 0 Å². The predicted octanol–water partition coefficient (Wildman–Crippen LogP) is 2.62. The first kappa shape index (κ1) is 10.2. The summed E-state index contributed by atoms with van der Waals surface area (Å²) in [5, 5.41) is 3.15. The first-order valence-electron chi connectivity index (χ1n) is 5.73. The van der Waals surface area contributed by atoms with Crippen LogP contribution < -0.4 is 5.32 Å². The number of hydrogen-bond donors (Lipinski definition) is 1. The van der Waals surface area contributed by atoms with E-state index in [4.69, 9.17) is 0 Å². The predicted molar refractivity (Wildman–Crippen MR) is 68.1 cm³/mol. The van der Waals surface area contributed by atoms with Gasteiger partial charge in [-0.1, -0.05) is 42.5 Å². The zero-order valence-electron chi connectivity index (χ0n) is 9.66. The Morgan fingerprint density at radius 2 is 1.65 bits per heavy atom. The summed E-state index contributed by atoms with van der Waals surface area (Å²) in [4.78, 5) is 12.2. The maximum atomic E-state index is 12.2. The molecule has 0 amide bonds. The largest absolute Gasteiger partial charge is 0.316 e. The molecule has 0 unspecified atom stereocenters. The summed E-state index contributed by atoms with van der Waals surface area (Å²) < 4.78 is 0. The van der Waals surface area contributed by atoms with Gasteiger partial charge in [0.15, 0.2) is 5.78 Å². The van der Waals surface area contributed by atoms with Crippen LogP contribution >= 0.6 is 0 Å². The summed E-state index contributed by atoms with van der Waals surface area (Å²) in [6.07, 6.45) is 0. The number of ketones is 1. The molecule has 2 nitrogen and oxygen atoms in total. The fraction of sp³-hybridized carbons (Fsp3) is 0.133. The molecule has 0 radical (unpaired) electrons. The molecular formula is C15H13NO. The van der Waals surface area contributed by atoms with Gasteiger partial charge in [0.25, 0.3) is 0 Å². The van der Waals surface area contributed by atoms with Crippen molar-refractivity contribution in [1.82, 2.24) is 5.32 Å². The Kier molecular flexibility index (Phi) is 2.30. The van der Waals surface area contributed by atoms with Gasteiger partial charge in [0.1, 0.15) is 0 Å². The molecule has 0 bridgehead atoms. The molecule has 0 atom stereocenters. The average Bonchev–Trinajstić information content (AvgIpc) is 2.66. The van der Waals surface area contributed by atoms with Crippen molar-refractivity contribution in [3.05, 3.63) is 59.2 Å². The second kappa shape index (κ2) is 3.82. The van der Waals surface area contributed by atoms with E-state index in [2.05, 4.69) is 11.4 Å². The second-order valence-corrected chi connectivity index (χ2v) is 4.24. The van der Waals surface area contributed by atoms with Crippen molar-refractivity contribution in [2.45, 2.75) is 6.54 Å². The van der Waals surface area contributed by atoms with E-state index in [1.54, 1.807) is 0 Å². The van der Waals surface area contributed by atoms with E-state index in [-0.39, 0.29) is 5.78 Å². The molecule has 2 aromatic carbocycles. The molecule has 2 aromatic rings. The number of carbonyl (C=O) groups excluding carboxylic acids is 1. The molecule has 17 heavy (non-hydrogen) atoms. The van der Waals surface area contributed by atoms with Gasteiger partial charge in [0.05, 0.1) is 0 Å². The molecule has 2 heteroatoms. The van der Waals surface area contributed by atoms with Crippen molar-refractivity contribution in [3.63, 3.8) is 0 Å². The highest BCUT2D eigenvalue weighted by Gasteiger charge is 2.27. The highest BCUT2D eigenvalue weighted by Crippen LogP contribution is 2.38. The third-order valence-electron chi connectivity index (χ3n) is 3.20. The van der Waals surface area contributed by atoms with Crippen molar-refractivity contribution in [3.8, 4) is 11.1 Å². The van der Waals surface area contributed by atoms with Gasteiger partial charge in [0.2, 0.25) is 0 Å². The van der Waals surface area contributed by atoms with Crippen LogP contribution in [0.15, 0.2) is 42.5 Å². The Labute approximate surface area is 100 Å². The minimum Gasteiger partial charge on any atom is -0.316 e. The lowest BCUT2D eigenvalue weighted by atomic mass is 9.99. The molecule has 3 rings (SSSR count). The van der Waals surface area contributed by atoms with Crippen molar-refractivity contribution in [1.29, 1.82) is 0 Å². The zero-order chi connectivity index (χ0) is 11.8. The van der Waals surface area contributed by atoms with E-state index in [9.17, 15) is 4.79 Å². The number of carbonyl (C=O) groups is 1. The smallest absolute Gasteiger partial charge is 0.194 e. The average molecular weight is 223 g/mol. The molecular weight excluding hydrogens is 210 g/mol. The molecule has 1 aliphatic rings. The van der Waals surface area contributed by atoms with Gasteiger partial charge in [-0.15, -0.1) is 0 Å². The number of nitrogens with one attached hydrogen (secondary N) is 1. The Morgan fingerprint density at radius 3 is 2.41 bits per heavy atom. The lowest BCUT2D eigenvalue weighted by Gasteiger charge is -2.07. The minimum atomic E-state index is 0.147. The second-order valence-electron chi connectivity index (χ2n) is 4.24. The fourth-order valence-corrected chi connectivity index (χ4v) is 2.49. The molecule has 0 spiro atoms. The number of rotatable bonds is 2. The molecule has 1 N–H and O–H groups in total. The topological polar surface area (TPSA) is 29.1 Å². The highest BCUT2D eigenvalue weighted by molar-refractivity contribution is 6.22. The Bertz CT molecular complexity index is 602. The summed E-state index contributed by atoms with van der Waals surface area (Å²) in [6, 6.07) is 13.8. The standard InChI is InChI=1S/C15H13NO/c1-16-9-10-5-4-8-13-14(10)11-6-2-3-7-12(11)15(13)17/h2-8,16H,9H2,1H3. The van der Waals surface area contributed by atoms with Crippen LogP contribution in [0.25, 0.3) is 11.1 Å². The summed E-state index contributed by atoms with van der Waals surface area (Å²) in [5.41, 5.74) is 5.01. The van der Waals surface area contributed by atoms with E-state index >= 15 is 0 Å². The summed E-state index contributed by atoms with van der Waals surface area (Å²) in [7, 11) is 1.92. The number of benzene rings is 2. The van der Waals surface area contributed by atoms with Crippen LogP contribution in [-0.2, 0) is 6.54 Å².